The van der Waals surface area contributed by atoms with Crippen molar-refractivity contribution in [3.05, 3.63) is 35.2 Å². The van der Waals surface area contributed by atoms with E-state index in [4.69, 9.17) is 11.6 Å². The minimum Gasteiger partial charge on any atom is -0.336 e. The minimum atomic E-state index is 0.192. The average molecular weight is 333 g/mol. The molecule has 2 heterocycles. The van der Waals surface area contributed by atoms with Crippen molar-refractivity contribution in [1.82, 2.24) is 19.8 Å². The summed E-state index contributed by atoms with van der Waals surface area (Å²) in [5.74, 6) is 0.775. The van der Waals surface area contributed by atoms with Crippen LogP contribution < -0.4 is 0 Å². The molecule has 0 radical (unpaired) electrons. The van der Waals surface area contributed by atoms with Crippen LogP contribution in [-0.4, -0.2) is 51.9 Å². The quantitative estimate of drug-likeness (QED) is 0.807. The van der Waals surface area contributed by atoms with Gasteiger partial charge in [-0.2, -0.15) is 0 Å². The molecule has 0 atom stereocenters. The molecule has 1 amide bonds. The highest BCUT2D eigenvalue weighted by atomic mass is 35.5. The lowest BCUT2D eigenvalue weighted by Crippen LogP contribution is -2.50. The van der Waals surface area contributed by atoms with Crippen molar-refractivity contribution < 1.29 is 4.79 Å². The van der Waals surface area contributed by atoms with Crippen LogP contribution in [0.25, 0.3) is 10.9 Å². The number of nitrogens with zero attached hydrogens (tertiary/aromatic N) is 4. The van der Waals surface area contributed by atoms with Gasteiger partial charge in [0.05, 0.1) is 12.1 Å². The Morgan fingerprint density at radius 2 is 2.09 bits per heavy atom. The molecule has 0 saturated carbocycles. The Labute approximate surface area is 141 Å². The normalized spacial score (nSPS) is 16.5. The first-order valence-electron chi connectivity index (χ1n) is 7.92. The summed E-state index contributed by atoms with van der Waals surface area (Å²) in [5, 5.41) is 1.30. The lowest BCUT2D eigenvalue weighted by molar-refractivity contribution is -0.136. The molecule has 1 aliphatic rings. The van der Waals surface area contributed by atoms with Crippen molar-refractivity contribution in [3.8, 4) is 0 Å². The Morgan fingerprint density at radius 3 is 2.83 bits per heavy atom. The highest BCUT2D eigenvalue weighted by Gasteiger charge is 2.24. The number of piperazine rings is 1. The molecule has 1 aliphatic heterocycles. The van der Waals surface area contributed by atoms with E-state index in [1.165, 1.54) is 6.33 Å². The predicted molar refractivity (Wildman–Crippen MR) is 91.2 cm³/mol. The molecule has 1 fully saturated rings. The van der Waals surface area contributed by atoms with Crippen LogP contribution in [-0.2, 0) is 11.3 Å². The van der Waals surface area contributed by atoms with Gasteiger partial charge in [-0.05, 0) is 23.6 Å². The fourth-order valence-corrected chi connectivity index (χ4v) is 3.19. The van der Waals surface area contributed by atoms with E-state index in [1.54, 1.807) is 0 Å². The highest BCUT2D eigenvalue weighted by Crippen LogP contribution is 2.21. The third-order valence-corrected chi connectivity index (χ3v) is 4.35. The van der Waals surface area contributed by atoms with Gasteiger partial charge in [0.2, 0.25) is 5.91 Å². The Hall–Kier alpha value is -1.72. The maximum Gasteiger partial charge on any atom is 0.237 e. The van der Waals surface area contributed by atoms with E-state index in [2.05, 4.69) is 28.7 Å². The van der Waals surface area contributed by atoms with Gasteiger partial charge in [-0.15, -0.1) is 0 Å². The first-order valence-corrected chi connectivity index (χ1v) is 8.30. The van der Waals surface area contributed by atoms with Crippen LogP contribution in [0.3, 0.4) is 0 Å². The number of amides is 1. The van der Waals surface area contributed by atoms with E-state index < -0.39 is 0 Å². The summed E-state index contributed by atoms with van der Waals surface area (Å²) in [6.07, 6.45) is 1.46. The molecule has 0 N–H and O–H groups in total. The molecular formula is C17H21ClN4O. The number of rotatable bonds is 4. The van der Waals surface area contributed by atoms with Crippen molar-refractivity contribution >= 4 is 28.4 Å². The van der Waals surface area contributed by atoms with Crippen molar-refractivity contribution in [2.24, 2.45) is 5.92 Å². The molecule has 0 bridgehead atoms. The molecule has 0 unspecified atom stereocenters. The van der Waals surface area contributed by atoms with Crippen molar-refractivity contribution in [2.75, 3.05) is 26.2 Å². The number of hydrogen-bond acceptors (Lipinski definition) is 4. The van der Waals surface area contributed by atoms with Gasteiger partial charge in [0.25, 0.3) is 0 Å². The number of hydrogen-bond donors (Lipinski definition) is 0. The molecule has 6 heteroatoms. The molecule has 2 aromatic rings. The van der Waals surface area contributed by atoms with Crippen LogP contribution in [0.1, 0.15) is 19.4 Å². The van der Waals surface area contributed by atoms with Gasteiger partial charge in [-0.25, -0.2) is 9.97 Å². The number of aromatic nitrogens is 2. The number of carbonyl (C=O) groups excluding carboxylic acids is 1. The van der Waals surface area contributed by atoms with Gasteiger partial charge in [-0.3, -0.25) is 9.69 Å². The van der Waals surface area contributed by atoms with Crippen molar-refractivity contribution in [3.63, 3.8) is 0 Å². The summed E-state index contributed by atoms with van der Waals surface area (Å²) in [4.78, 5) is 24.7. The van der Waals surface area contributed by atoms with Gasteiger partial charge in [0.15, 0.2) is 0 Å². The second-order valence-electron chi connectivity index (χ2n) is 6.46. The Balaban J connectivity index is 1.69. The smallest absolute Gasteiger partial charge is 0.237 e. The molecule has 5 nitrogen and oxygen atoms in total. The fourth-order valence-electron chi connectivity index (χ4n) is 2.99. The second kappa shape index (κ2) is 6.81. The SMILES string of the molecule is CC(C)CN1CCN(Cc2ccc3c(Cl)ncnc3c2)C(=O)C1. The Morgan fingerprint density at radius 1 is 1.26 bits per heavy atom. The van der Waals surface area contributed by atoms with Crippen molar-refractivity contribution in [2.45, 2.75) is 20.4 Å². The monoisotopic (exact) mass is 332 g/mol. The molecule has 23 heavy (non-hydrogen) atoms. The molecule has 122 valence electrons. The van der Waals surface area contributed by atoms with E-state index in [0.29, 0.717) is 24.2 Å². The van der Waals surface area contributed by atoms with Gasteiger partial charge in [0, 0.05) is 31.6 Å². The minimum absolute atomic E-state index is 0.192. The molecule has 1 aromatic carbocycles. The molecular weight excluding hydrogens is 312 g/mol. The summed E-state index contributed by atoms with van der Waals surface area (Å²) in [7, 11) is 0. The number of halogens is 1. The molecule has 1 saturated heterocycles. The average Bonchev–Trinajstić information content (AvgIpc) is 2.50. The lowest BCUT2D eigenvalue weighted by Gasteiger charge is -2.35. The van der Waals surface area contributed by atoms with Gasteiger partial charge in [0.1, 0.15) is 11.5 Å². The third kappa shape index (κ3) is 3.79. The topological polar surface area (TPSA) is 49.3 Å². The lowest BCUT2D eigenvalue weighted by atomic mass is 10.1. The van der Waals surface area contributed by atoms with Crippen LogP contribution in [0.15, 0.2) is 24.5 Å². The zero-order chi connectivity index (χ0) is 16.4. The van der Waals surface area contributed by atoms with Crippen molar-refractivity contribution in [1.29, 1.82) is 0 Å². The zero-order valence-electron chi connectivity index (χ0n) is 13.5. The largest absolute Gasteiger partial charge is 0.336 e. The summed E-state index contributed by atoms with van der Waals surface area (Å²) in [5.41, 5.74) is 1.88. The number of benzene rings is 1. The van der Waals surface area contributed by atoms with E-state index in [0.717, 1.165) is 36.1 Å². The molecule has 0 spiro atoms. The first-order chi connectivity index (χ1) is 11.0. The molecule has 0 aliphatic carbocycles. The van der Waals surface area contributed by atoms with Crippen LogP contribution >= 0.6 is 11.6 Å². The Kier molecular flexibility index (Phi) is 4.78. The summed E-state index contributed by atoms with van der Waals surface area (Å²) >= 11 is 6.06. The maximum atomic E-state index is 12.3. The summed E-state index contributed by atoms with van der Waals surface area (Å²) in [6.45, 7) is 8.17. The van der Waals surface area contributed by atoms with Crippen LogP contribution in [0, 0.1) is 5.92 Å². The summed E-state index contributed by atoms with van der Waals surface area (Å²) < 4.78 is 0. The van der Waals surface area contributed by atoms with Gasteiger partial charge >= 0.3 is 0 Å². The second-order valence-corrected chi connectivity index (χ2v) is 6.82. The number of carbonyl (C=O) groups is 1. The van der Waals surface area contributed by atoms with Gasteiger partial charge < -0.3 is 4.90 Å². The molecule has 3 rings (SSSR count). The predicted octanol–water partition coefficient (Wildman–Crippen LogP) is 2.58. The zero-order valence-corrected chi connectivity index (χ0v) is 14.3. The third-order valence-electron chi connectivity index (χ3n) is 4.05. The summed E-state index contributed by atoms with van der Waals surface area (Å²) in [6, 6.07) is 5.90. The van der Waals surface area contributed by atoms with Crippen LogP contribution in [0.5, 0.6) is 0 Å². The van der Waals surface area contributed by atoms with Gasteiger partial charge in [-0.1, -0.05) is 31.5 Å². The highest BCUT2D eigenvalue weighted by molar-refractivity contribution is 6.34. The molecule has 1 aromatic heterocycles. The van der Waals surface area contributed by atoms with Crippen LogP contribution in [0.2, 0.25) is 5.15 Å². The van der Waals surface area contributed by atoms with E-state index in [1.807, 2.05) is 23.1 Å². The number of fused-ring (bicyclic) bond motifs is 1. The Bertz CT molecular complexity index is 719. The standard InChI is InChI=1S/C17H21ClN4O/c1-12(2)8-21-5-6-22(16(23)10-21)9-13-3-4-14-15(7-13)19-11-20-17(14)18/h3-4,7,11-12H,5-6,8-10H2,1-2H3. The maximum absolute atomic E-state index is 12.3. The van der Waals surface area contributed by atoms with E-state index in [-0.39, 0.29) is 5.91 Å². The fraction of sp³-hybridized carbons (Fsp3) is 0.471. The first kappa shape index (κ1) is 16.1. The van der Waals surface area contributed by atoms with E-state index >= 15 is 0 Å². The van der Waals surface area contributed by atoms with Crippen LogP contribution in [0.4, 0.5) is 0 Å². The van der Waals surface area contributed by atoms with E-state index in [9.17, 15) is 4.79 Å².